The molecule has 1 aliphatic rings. The molecule has 3 aromatic rings. The monoisotopic (exact) mass is 377 g/mol. The van der Waals surface area contributed by atoms with Crippen LogP contribution in [-0.4, -0.2) is 40.5 Å². The number of aryl methyl sites for hydroxylation is 2. The van der Waals surface area contributed by atoms with E-state index in [2.05, 4.69) is 22.1 Å². The molecule has 2 aromatic heterocycles. The van der Waals surface area contributed by atoms with Crippen LogP contribution in [0.4, 0.5) is 0 Å². The molecule has 0 spiro atoms. The zero-order chi connectivity index (χ0) is 19.3. The number of nitrogens with one attached hydrogen (secondary N) is 1. The largest absolute Gasteiger partial charge is 0.477 e. The molecule has 1 unspecified atom stereocenters. The highest BCUT2D eigenvalue weighted by Gasteiger charge is 2.24. The van der Waals surface area contributed by atoms with Crippen LogP contribution in [0.1, 0.15) is 30.5 Å². The third-order valence-electron chi connectivity index (χ3n) is 5.48. The summed E-state index contributed by atoms with van der Waals surface area (Å²) in [6, 6.07) is 14.1. The molecule has 0 radical (unpaired) electrons. The summed E-state index contributed by atoms with van der Waals surface area (Å²) in [7, 11) is 0. The van der Waals surface area contributed by atoms with Crippen molar-refractivity contribution < 1.29 is 9.53 Å². The van der Waals surface area contributed by atoms with Gasteiger partial charge >= 0.3 is 0 Å². The van der Waals surface area contributed by atoms with Crippen LogP contribution in [0.5, 0.6) is 5.88 Å². The van der Waals surface area contributed by atoms with Crippen LogP contribution in [0.25, 0.3) is 10.9 Å². The van der Waals surface area contributed by atoms with Crippen LogP contribution in [0.2, 0.25) is 0 Å². The number of para-hydroxylation sites is 1. The molecule has 0 saturated carbocycles. The highest BCUT2D eigenvalue weighted by molar-refractivity contribution is 5.84. The van der Waals surface area contributed by atoms with Crippen molar-refractivity contribution in [2.75, 3.05) is 19.7 Å². The zero-order valence-corrected chi connectivity index (χ0v) is 16.4. The first kappa shape index (κ1) is 18.5. The van der Waals surface area contributed by atoms with Crippen LogP contribution in [0.3, 0.4) is 0 Å². The molecule has 4 rings (SSSR count). The molecule has 1 amide bonds. The summed E-state index contributed by atoms with van der Waals surface area (Å²) in [6.07, 6.45) is 5.48. The minimum absolute atomic E-state index is 0.240. The molecular formula is C23H27N3O2. The smallest absolute Gasteiger partial charge is 0.222 e. The van der Waals surface area contributed by atoms with Crippen LogP contribution in [0, 0.1) is 12.8 Å². The number of likely N-dealkylation sites (tertiary alicyclic amines) is 1. The van der Waals surface area contributed by atoms with E-state index >= 15 is 0 Å². The van der Waals surface area contributed by atoms with E-state index in [0.717, 1.165) is 43.6 Å². The molecule has 1 aliphatic heterocycles. The SMILES string of the molecule is Cc1cccc(OCC2CCCN(C(=O)CCc3c[nH]c4ccccc34)C2)n1. The van der Waals surface area contributed by atoms with Crippen molar-refractivity contribution >= 4 is 16.8 Å². The number of piperidine rings is 1. The summed E-state index contributed by atoms with van der Waals surface area (Å²) in [5, 5.41) is 1.21. The van der Waals surface area contributed by atoms with Gasteiger partial charge in [-0.15, -0.1) is 0 Å². The number of hydrogen-bond donors (Lipinski definition) is 1. The normalized spacial score (nSPS) is 17.0. The predicted molar refractivity (Wildman–Crippen MR) is 110 cm³/mol. The van der Waals surface area contributed by atoms with Crippen LogP contribution < -0.4 is 4.74 Å². The average molecular weight is 377 g/mol. The van der Waals surface area contributed by atoms with E-state index in [0.29, 0.717) is 24.8 Å². The molecule has 1 N–H and O–H groups in total. The first-order valence-electron chi connectivity index (χ1n) is 10.1. The molecule has 0 aliphatic carbocycles. The molecule has 5 heteroatoms. The van der Waals surface area contributed by atoms with Crippen molar-refractivity contribution in [3.8, 4) is 5.88 Å². The van der Waals surface area contributed by atoms with Crippen molar-refractivity contribution in [3.05, 3.63) is 59.9 Å². The van der Waals surface area contributed by atoms with E-state index < -0.39 is 0 Å². The summed E-state index contributed by atoms with van der Waals surface area (Å²) in [6.45, 7) is 4.20. The van der Waals surface area contributed by atoms with Gasteiger partial charge in [0.1, 0.15) is 0 Å². The van der Waals surface area contributed by atoms with Crippen molar-refractivity contribution in [3.63, 3.8) is 0 Å². The van der Waals surface area contributed by atoms with E-state index in [9.17, 15) is 4.79 Å². The molecule has 1 fully saturated rings. The minimum Gasteiger partial charge on any atom is -0.477 e. The molecule has 1 atom stereocenters. The maximum atomic E-state index is 12.8. The lowest BCUT2D eigenvalue weighted by Crippen LogP contribution is -2.41. The third kappa shape index (κ3) is 4.35. The van der Waals surface area contributed by atoms with Crippen molar-refractivity contribution in [2.45, 2.75) is 32.6 Å². The van der Waals surface area contributed by atoms with E-state index in [4.69, 9.17) is 4.74 Å². The van der Waals surface area contributed by atoms with Gasteiger partial charge in [0.25, 0.3) is 0 Å². The van der Waals surface area contributed by atoms with Crippen LogP contribution in [-0.2, 0) is 11.2 Å². The maximum Gasteiger partial charge on any atom is 0.222 e. The Balaban J connectivity index is 1.29. The molecule has 1 aromatic carbocycles. The number of ether oxygens (including phenoxy) is 1. The number of aromatic amines is 1. The van der Waals surface area contributed by atoms with Gasteiger partial charge in [0.2, 0.25) is 11.8 Å². The summed E-state index contributed by atoms with van der Waals surface area (Å²) in [5.74, 6) is 1.28. The predicted octanol–water partition coefficient (Wildman–Crippen LogP) is 4.12. The van der Waals surface area contributed by atoms with Gasteiger partial charge in [0.15, 0.2) is 0 Å². The van der Waals surface area contributed by atoms with Crippen molar-refractivity contribution in [1.29, 1.82) is 0 Å². The summed E-state index contributed by atoms with van der Waals surface area (Å²) in [4.78, 5) is 22.4. The Morgan fingerprint density at radius 2 is 2.14 bits per heavy atom. The van der Waals surface area contributed by atoms with Gasteiger partial charge in [-0.2, -0.15) is 0 Å². The number of nitrogens with zero attached hydrogens (tertiary/aromatic N) is 2. The van der Waals surface area contributed by atoms with Gasteiger partial charge in [-0.3, -0.25) is 4.79 Å². The van der Waals surface area contributed by atoms with Gasteiger partial charge < -0.3 is 14.6 Å². The Hall–Kier alpha value is -2.82. The van der Waals surface area contributed by atoms with Gasteiger partial charge in [0.05, 0.1) is 6.61 Å². The second-order valence-corrected chi connectivity index (χ2v) is 7.64. The van der Waals surface area contributed by atoms with Gasteiger partial charge in [0, 0.05) is 54.3 Å². The standard InChI is InChI=1S/C23H27N3O2/c1-17-6-4-10-22(25-17)28-16-18-7-5-13-26(15-18)23(27)12-11-19-14-24-21-9-3-2-8-20(19)21/h2-4,6,8-10,14,18,24H,5,7,11-13,15-16H2,1H3. The number of carbonyl (C=O) groups is 1. The lowest BCUT2D eigenvalue weighted by molar-refractivity contribution is -0.133. The summed E-state index contributed by atoms with van der Waals surface area (Å²) in [5.41, 5.74) is 3.30. The van der Waals surface area contributed by atoms with E-state index in [1.54, 1.807) is 0 Å². The molecule has 146 valence electrons. The van der Waals surface area contributed by atoms with E-state index in [-0.39, 0.29) is 5.91 Å². The topological polar surface area (TPSA) is 58.2 Å². The Labute approximate surface area is 165 Å². The molecular weight excluding hydrogens is 350 g/mol. The number of aromatic nitrogens is 2. The van der Waals surface area contributed by atoms with Gasteiger partial charge in [-0.25, -0.2) is 4.98 Å². The lowest BCUT2D eigenvalue weighted by atomic mass is 9.98. The number of carbonyl (C=O) groups excluding carboxylic acids is 1. The molecule has 3 heterocycles. The number of amides is 1. The Kier molecular flexibility index (Phi) is 5.60. The number of benzene rings is 1. The zero-order valence-electron chi connectivity index (χ0n) is 16.4. The fourth-order valence-corrected chi connectivity index (χ4v) is 3.97. The highest BCUT2D eigenvalue weighted by Crippen LogP contribution is 2.22. The quantitative estimate of drug-likeness (QED) is 0.703. The Bertz CT molecular complexity index is 950. The van der Waals surface area contributed by atoms with Crippen molar-refractivity contribution in [1.82, 2.24) is 14.9 Å². The third-order valence-corrected chi connectivity index (χ3v) is 5.48. The average Bonchev–Trinajstić information content (AvgIpc) is 3.14. The first-order valence-corrected chi connectivity index (χ1v) is 10.1. The van der Waals surface area contributed by atoms with Crippen LogP contribution in [0.15, 0.2) is 48.7 Å². The molecule has 1 saturated heterocycles. The first-order chi connectivity index (χ1) is 13.7. The molecule has 5 nitrogen and oxygen atoms in total. The van der Waals surface area contributed by atoms with Crippen LogP contribution >= 0.6 is 0 Å². The number of rotatable bonds is 6. The van der Waals surface area contributed by atoms with Gasteiger partial charge in [-0.1, -0.05) is 24.3 Å². The summed E-state index contributed by atoms with van der Waals surface area (Å²) < 4.78 is 5.87. The minimum atomic E-state index is 0.240. The second-order valence-electron chi connectivity index (χ2n) is 7.64. The highest BCUT2D eigenvalue weighted by atomic mass is 16.5. The lowest BCUT2D eigenvalue weighted by Gasteiger charge is -2.32. The fraction of sp³-hybridized carbons (Fsp3) is 0.391. The number of H-pyrrole nitrogens is 1. The number of fused-ring (bicyclic) bond motifs is 1. The second kappa shape index (κ2) is 8.46. The molecule has 28 heavy (non-hydrogen) atoms. The maximum absolute atomic E-state index is 12.8. The molecule has 0 bridgehead atoms. The summed E-state index contributed by atoms with van der Waals surface area (Å²) >= 11 is 0. The van der Waals surface area contributed by atoms with Gasteiger partial charge in [-0.05, 0) is 43.9 Å². The number of hydrogen-bond acceptors (Lipinski definition) is 3. The van der Waals surface area contributed by atoms with E-state index in [1.165, 1.54) is 10.9 Å². The van der Waals surface area contributed by atoms with Crippen molar-refractivity contribution in [2.24, 2.45) is 5.92 Å². The Morgan fingerprint density at radius 3 is 3.04 bits per heavy atom. The number of pyridine rings is 1. The van der Waals surface area contributed by atoms with E-state index in [1.807, 2.05) is 48.4 Å². The fourth-order valence-electron chi connectivity index (χ4n) is 3.97. The Morgan fingerprint density at radius 1 is 1.25 bits per heavy atom.